The molecule has 1 unspecified atom stereocenters. The molecule has 88 valence electrons. The molecule has 1 aromatic carbocycles. The van der Waals surface area contributed by atoms with Gasteiger partial charge in [-0.25, -0.2) is 0 Å². The molecule has 0 bridgehead atoms. The predicted octanol–water partition coefficient (Wildman–Crippen LogP) is 1.24. The van der Waals surface area contributed by atoms with Gasteiger partial charge in [0.05, 0.1) is 6.17 Å². The number of ether oxygens (including phenoxy) is 2. The number of benzene rings is 1. The summed E-state index contributed by atoms with van der Waals surface area (Å²) in [4.78, 5) is 2.12. The summed E-state index contributed by atoms with van der Waals surface area (Å²) in [6, 6.07) is 6.07. The third-order valence-corrected chi connectivity index (χ3v) is 2.67. The SMILES string of the molecule is CNC(c1ccc2c(c1)OCCO2)N(C)C. The largest absolute Gasteiger partial charge is 0.486 e. The van der Waals surface area contributed by atoms with Gasteiger partial charge in [0.25, 0.3) is 0 Å². The number of hydrogen-bond donors (Lipinski definition) is 1. The summed E-state index contributed by atoms with van der Waals surface area (Å²) in [5.41, 5.74) is 1.18. The summed E-state index contributed by atoms with van der Waals surface area (Å²) < 4.78 is 11.1. The zero-order valence-electron chi connectivity index (χ0n) is 9.99. The smallest absolute Gasteiger partial charge is 0.161 e. The van der Waals surface area contributed by atoms with Crippen LogP contribution in [0.15, 0.2) is 18.2 Å². The molecule has 1 atom stereocenters. The number of nitrogens with zero attached hydrogens (tertiary/aromatic N) is 1. The minimum absolute atomic E-state index is 0.191. The van der Waals surface area contributed by atoms with E-state index in [0.29, 0.717) is 13.2 Å². The van der Waals surface area contributed by atoms with E-state index in [9.17, 15) is 0 Å². The maximum atomic E-state index is 5.57. The van der Waals surface area contributed by atoms with Crippen LogP contribution in [0, 0.1) is 0 Å². The van der Waals surface area contributed by atoms with Gasteiger partial charge in [0.2, 0.25) is 0 Å². The minimum Gasteiger partial charge on any atom is -0.486 e. The predicted molar refractivity (Wildman–Crippen MR) is 62.9 cm³/mol. The Bertz CT molecular complexity index is 366. The second-order valence-electron chi connectivity index (χ2n) is 4.06. The van der Waals surface area contributed by atoms with E-state index in [2.05, 4.69) is 16.3 Å². The number of nitrogens with one attached hydrogen (secondary N) is 1. The van der Waals surface area contributed by atoms with Crippen molar-refractivity contribution in [3.05, 3.63) is 23.8 Å². The molecule has 0 saturated carbocycles. The van der Waals surface area contributed by atoms with Crippen LogP contribution in [-0.4, -0.2) is 39.3 Å². The Morgan fingerprint density at radius 3 is 2.50 bits per heavy atom. The molecule has 16 heavy (non-hydrogen) atoms. The first-order valence-corrected chi connectivity index (χ1v) is 5.45. The summed E-state index contributed by atoms with van der Waals surface area (Å²) in [6.07, 6.45) is 0.191. The molecule has 2 rings (SSSR count). The Kier molecular flexibility index (Phi) is 3.31. The van der Waals surface area contributed by atoms with E-state index in [0.717, 1.165) is 11.5 Å². The third-order valence-electron chi connectivity index (χ3n) is 2.67. The van der Waals surface area contributed by atoms with Crippen molar-refractivity contribution >= 4 is 0 Å². The van der Waals surface area contributed by atoms with Crippen molar-refractivity contribution in [3.63, 3.8) is 0 Å². The second-order valence-corrected chi connectivity index (χ2v) is 4.06. The van der Waals surface area contributed by atoms with Gasteiger partial charge in [-0.05, 0) is 38.8 Å². The molecule has 1 aromatic rings. The lowest BCUT2D eigenvalue weighted by Crippen LogP contribution is -2.30. The maximum Gasteiger partial charge on any atom is 0.161 e. The van der Waals surface area contributed by atoms with Crippen molar-refractivity contribution in [1.29, 1.82) is 0 Å². The lowest BCUT2D eigenvalue weighted by molar-refractivity contribution is 0.170. The molecule has 0 amide bonds. The van der Waals surface area contributed by atoms with Crippen molar-refractivity contribution in [2.24, 2.45) is 0 Å². The number of rotatable bonds is 3. The molecule has 0 saturated heterocycles. The van der Waals surface area contributed by atoms with Crippen LogP contribution in [0.1, 0.15) is 11.7 Å². The summed E-state index contributed by atoms with van der Waals surface area (Å²) >= 11 is 0. The van der Waals surface area contributed by atoms with Gasteiger partial charge in [0, 0.05) is 0 Å². The summed E-state index contributed by atoms with van der Waals surface area (Å²) in [6.45, 7) is 1.26. The van der Waals surface area contributed by atoms with Gasteiger partial charge in [-0.3, -0.25) is 4.90 Å². The van der Waals surface area contributed by atoms with E-state index in [1.165, 1.54) is 5.56 Å². The van der Waals surface area contributed by atoms with Crippen molar-refractivity contribution in [2.45, 2.75) is 6.17 Å². The van der Waals surface area contributed by atoms with Crippen LogP contribution < -0.4 is 14.8 Å². The molecule has 0 radical (unpaired) electrons. The molecule has 0 fully saturated rings. The molecule has 1 aliphatic rings. The highest BCUT2D eigenvalue weighted by atomic mass is 16.6. The monoisotopic (exact) mass is 222 g/mol. The quantitative estimate of drug-likeness (QED) is 0.780. The van der Waals surface area contributed by atoms with Gasteiger partial charge < -0.3 is 14.8 Å². The Morgan fingerprint density at radius 2 is 1.88 bits per heavy atom. The highest BCUT2D eigenvalue weighted by Gasteiger charge is 2.16. The van der Waals surface area contributed by atoms with Crippen molar-refractivity contribution in [1.82, 2.24) is 10.2 Å². The third kappa shape index (κ3) is 2.13. The fraction of sp³-hybridized carbons (Fsp3) is 0.500. The van der Waals surface area contributed by atoms with Gasteiger partial charge in [-0.2, -0.15) is 0 Å². The van der Waals surface area contributed by atoms with Gasteiger partial charge in [-0.15, -0.1) is 0 Å². The molecular formula is C12H18N2O2. The van der Waals surface area contributed by atoms with E-state index in [-0.39, 0.29) is 6.17 Å². The zero-order valence-corrected chi connectivity index (χ0v) is 9.99. The standard InChI is InChI=1S/C12H18N2O2/c1-13-12(14(2)3)9-4-5-10-11(8-9)16-7-6-15-10/h4-5,8,12-13H,6-7H2,1-3H3. The molecule has 1 N–H and O–H groups in total. The Labute approximate surface area is 96.2 Å². The van der Waals surface area contributed by atoms with E-state index in [1.54, 1.807) is 0 Å². The van der Waals surface area contributed by atoms with E-state index < -0.39 is 0 Å². The fourth-order valence-electron chi connectivity index (χ4n) is 1.95. The molecule has 0 aromatic heterocycles. The lowest BCUT2D eigenvalue weighted by atomic mass is 10.1. The van der Waals surface area contributed by atoms with Crippen LogP contribution >= 0.6 is 0 Å². The summed E-state index contributed by atoms with van der Waals surface area (Å²) in [5.74, 6) is 1.68. The van der Waals surface area contributed by atoms with Crippen molar-refractivity contribution in [3.8, 4) is 11.5 Å². The first-order chi connectivity index (χ1) is 7.72. The topological polar surface area (TPSA) is 33.7 Å². The van der Waals surface area contributed by atoms with Crippen molar-refractivity contribution in [2.75, 3.05) is 34.4 Å². The first-order valence-electron chi connectivity index (χ1n) is 5.45. The van der Waals surface area contributed by atoms with Crippen LogP contribution in [0.25, 0.3) is 0 Å². The molecule has 4 heteroatoms. The average molecular weight is 222 g/mol. The van der Waals surface area contributed by atoms with E-state index >= 15 is 0 Å². The molecule has 0 spiro atoms. The van der Waals surface area contributed by atoms with Gasteiger partial charge in [-0.1, -0.05) is 6.07 Å². The number of hydrogen-bond acceptors (Lipinski definition) is 4. The van der Waals surface area contributed by atoms with Crippen LogP contribution in [0.5, 0.6) is 11.5 Å². The Morgan fingerprint density at radius 1 is 1.19 bits per heavy atom. The number of fused-ring (bicyclic) bond motifs is 1. The average Bonchev–Trinajstić information content (AvgIpc) is 2.29. The van der Waals surface area contributed by atoms with Crippen molar-refractivity contribution < 1.29 is 9.47 Å². The highest BCUT2D eigenvalue weighted by molar-refractivity contribution is 5.44. The normalized spacial score (nSPS) is 16.2. The van der Waals surface area contributed by atoms with Crippen LogP contribution in [0.2, 0.25) is 0 Å². The fourth-order valence-corrected chi connectivity index (χ4v) is 1.95. The first kappa shape index (κ1) is 11.2. The van der Waals surface area contributed by atoms with Crippen LogP contribution in [0.3, 0.4) is 0 Å². The maximum absolute atomic E-state index is 5.57. The van der Waals surface area contributed by atoms with E-state index in [4.69, 9.17) is 9.47 Å². The van der Waals surface area contributed by atoms with Gasteiger partial charge in [0.15, 0.2) is 11.5 Å². The Hall–Kier alpha value is -1.26. The molecule has 1 aliphatic heterocycles. The van der Waals surface area contributed by atoms with Gasteiger partial charge in [0.1, 0.15) is 13.2 Å². The van der Waals surface area contributed by atoms with Gasteiger partial charge >= 0.3 is 0 Å². The lowest BCUT2D eigenvalue weighted by Gasteiger charge is -2.26. The molecule has 1 heterocycles. The van der Waals surface area contributed by atoms with Crippen LogP contribution in [-0.2, 0) is 0 Å². The molecule has 4 nitrogen and oxygen atoms in total. The summed E-state index contributed by atoms with van der Waals surface area (Å²) in [5, 5.41) is 3.25. The zero-order chi connectivity index (χ0) is 11.5. The molecular weight excluding hydrogens is 204 g/mol. The molecule has 0 aliphatic carbocycles. The second kappa shape index (κ2) is 4.72. The van der Waals surface area contributed by atoms with E-state index in [1.807, 2.05) is 33.3 Å². The summed E-state index contributed by atoms with van der Waals surface area (Å²) in [7, 11) is 6.03. The van der Waals surface area contributed by atoms with Crippen LogP contribution in [0.4, 0.5) is 0 Å². The minimum atomic E-state index is 0.191. The highest BCUT2D eigenvalue weighted by Crippen LogP contribution is 2.32. The Balaban J connectivity index is 2.28.